The van der Waals surface area contributed by atoms with E-state index in [4.69, 9.17) is 0 Å². The predicted molar refractivity (Wildman–Crippen MR) is 148 cm³/mol. The van der Waals surface area contributed by atoms with E-state index in [1.165, 1.54) is 41.7 Å². The maximum absolute atomic E-state index is 13.0. The summed E-state index contributed by atoms with van der Waals surface area (Å²) in [6.45, 7) is 0. The van der Waals surface area contributed by atoms with Crippen LogP contribution in [-0.4, -0.2) is 22.5 Å². The van der Waals surface area contributed by atoms with E-state index in [9.17, 15) is 24.5 Å². The highest BCUT2D eigenvalue weighted by Crippen LogP contribution is 2.20. The molecule has 3 aromatic carbocycles. The Labute approximate surface area is 222 Å². The fourth-order valence-corrected chi connectivity index (χ4v) is 4.06. The van der Waals surface area contributed by atoms with Crippen LogP contribution in [0.25, 0.3) is 12.2 Å². The second-order valence-electron chi connectivity index (χ2n) is 7.98. The minimum Gasteiger partial charge on any atom is -0.321 e. The van der Waals surface area contributed by atoms with Crippen LogP contribution in [0.1, 0.15) is 31.8 Å². The topological polar surface area (TPSA) is 118 Å². The number of hydrogen-bond donors (Lipinski definition) is 2. The van der Waals surface area contributed by atoms with Gasteiger partial charge in [0.25, 0.3) is 17.5 Å². The minimum atomic E-state index is -0.532. The monoisotopic (exact) mass is 523 g/mol. The molecule has 0 saturated carbocycles. The van der Waals surface area contributed by atoms with Crippen molar-refractivity contribution >= 4 is 52.5 Å². The van der Waals surface area contributed by atoms with Gasteiger partial charge in [0.15, 0.2) is 5.78 Å². The van der Waals surface area contributed by atoms with Crippen molar-refractivity contribution < 1.29 is 19.3 Å². The molecule has 8 nitrogen and oxygen atoms in total. The molecule has 0 radical (unpaired) electrons. The first-order chi connectivity index (χ1) is 18.4. The number of nitro groups is 1. The molecule has 2 amide bonds. The van der Waals surface area contributed by atoms with Gasteiger partial charge < -0.3 is 10.6 Å². The molecule has 0 aliphatic rings. The smallest absolute Gasteiger partial charge is 0.276 e. The first-order valence-electron chi connectivity index (χ1n) is 11.4. The molecule has 0 bridgehead atoms. The fraction of sp³-hybridized carbons (Fsp3) is 0. The SMILES string of the molecule is O=C(Nc1ccc(C(=O)/C=C/c2ccccc2[N+](=O)[O-])cc1)/C(=C/c1ccsc1)NC(=O)c1ccccc1. The zero-order valence-corrected chi connectivity index (χ0v) is 20.7. The molecule has 1 aromatic heterocycles. The highest BCUT2D eigenvalue weighted by Gasteiger charge is 2.16. The molecule has 0 spiro atoms. The number of benzene rings is 3. The van der Waals surface area contributed by atoms with Crippen molar-refractivity contribution in [3.63, 3.8) is 0 Å². The number of carbonyl (C=O) groups excluding carboxylic acids is 3. The molecule has 4 aromatic rings. The summed E-state index contributed by atoms with van der Waals surface area (Å²) >= 11 is 1.46. The zero-order chi connectivity index (χ0) is 26.9. The van der Waals surface area contributed by atoms with Crippen molar-refractivity contribution in [3.8, 4) is 0 Å². The number of allylic oxidation sites excluding steroid dienone is 1. The summed E-state index contributed by atoms with van der Waals surface area (Å²) in [6, 6.07) is 22.7. The highest BCUT2D eigenvalue weighted by atomic mass is 32.1. The summed E-state index contributed by atoms with van der Waals surface area (Å²) in [5.74, 6) is -1.31. The predicted octanol–water partition coefficient (Wildman–Crippen LogP) is 5.96. The van der Waals surface area contributed by atoms with Crippen LogP contribution in [-0.2, 0) is 4.79 Å². The first kappa shape index (κ1) is 25.9. The van der Waals surface area contributed by atoms with Gasteiger partial charge in [-0.1, -0.05) is 30.3 Å². The Morgan fingerprint density at radius 1 is 0.842 bits per heavy atom. The van der Waals surface area contributed by atoms with Crippen molar-refractivity contribution in [2.24, 2.45) is 0 Å². The van der Waals surface area contributed by atoms with Crippen LogP contribution in [0, 0.1) is 10.1 Å². The molecule has 0 unspecified atom stereocenters. The van der Waals surface area contributed by atoms with Crippen molar-refractivity contribution in [1.82, 2.24) is 5.32 Å². The third-order valence-electron chi connectivity index (χ3n) is 5.36. The Hall–Kier alpha value is -5.15. The molecule has 38 heavy (non-hydrogen) atoms. The molecular formula is C29H21N3O5S. The fourth-order valence-electron chi connectivity index (χ4n) is 3.44. The molecule has 0 fully saturated rings. The van der Waals surface area contributed by atoms with Gasteiger partial charge >= 0.3 is 0 Å². The Morgan fingerprint density at radius 3 is 2.24 bits per heavy atom. The third-order valence-corrected chi connectivity index (χ3v) is 6.06. The quantitative estimate of drug-likeness (QED) is 0.121. The number of nitrogens with one attached hydrogen (secondary N) is 2. The highest BCUT2D eigenvalue weighted by molar-refractivity contribution is 7.08. The Bertz CT molecular complexity index is 1530. The summed E-state index contributed by atoms with van der Waals surface area (Å²) in [7, 11) is 0. The summed E-state index contributed by atoms with van der Waals surface area (Å²) in [5, 5.41) is 20.3. The molecule has 0 aliphatic heterocycles. The number of carbonyl (C=O) groups is 3. The molecule has 2 N–H and O–H groups in total. The van der Waals surface area contributed by atoms with E-state index in [2.05, 4.69) is 10.6 Å². The van der Waals surface area contributed by atoms with Crippen LogP contribution < -0.4 is 10.6 Å². The number of nitro benzene ring substituents is 1. The summed E-state index contributed by atoms with van der Waals surface area (Å²) < 4.78 is 0. The average Bonchev–Trinajstić information content (AvgIpc) is 3.45. The largest absolute Gasteiger partial charge is 0.321 e. The van der Waals surface area contributed by atoms with Crippen LogP contribution in [0.4, 0.5) is 11.4 Å². The van der Waals surface area contributed by atoms with Gasteiger partial charge in [0, 0.05) is 22.9 Å². The molecular weight excluding hydrogens is 502 g/mol. The lowest BCUT2D eigenvalue weighted by molar-refractivity contribution is -0.385. The van der Waals surface area contributed by atoms with Crippen LogP contribution in [0.5, 0.6) is 0 Å². The standard InChI is InChI=1S/C29H21N3O5S/c33-27(15-12-21-6-4-5-9-26(21)32(36)37)22-10-13-24(14-11-22)30-29(35)25(18-20-16-17-38-19-20)31-28(34)23-7-2-1-3-8-23/h1-19H,(H,30,35)(H,31,34)/b15-12+,25-18-. The molecule has 188 valence electrons. The number of para-hydroxylation sites is 1. The Morgan fingerprint density at radius 2 is 1.55 bits per heavy atom. The van der Waals surface area contributed by atoms with E-state index < -0.39 is 16.7 Å². The van der Waals surface area contributed by atoms with E-state index in [0.29, 0.717) is 22.4 Å². The Kier molecular flexibility index (Phi) is 8.32. The molecule has 4 rings (SSSR count). The van der Waals surface area contributed by atoms with Crippen LogP contribution in [0.15, 0.2) is 107 Å². The van der Waals surface area contributed by atoms with Crippen LogP contribution in [0.2, 0.25) is 0 Å². The number of hydrogen-bond acceptors (Lipinski definition) is 6. The lowest BCUT2D eigenvalue weighted by atomic mass is 10.1. The van der Waals surface area contributed by atoms with Crippen molar-refractivity contribution in [3.05, 3.63) is 140 Å². The van der Waals surface area contributed by atoms with Gasteiger partial charge in [0.1, 0.15) is 5.70 Å². The number of rotatable bonds is 9. The second kappa shape index (κ2) is 12.2. The summed E-state index contributed by atoms with van der Waals surface area (Å²) in [5.41, 5.74) is 2.21. The minimum absolute atomic E-state index is 0.0600. The van der Waals surface area contributed by atoms with Crippen molar-refractivity contribution in [2.45, 2.75) is 0 Å². The van der Waals surface area contributed by atoms with Crippen molar-refractivity contribution in [1.29, 1.82) is 0 Å². The lowest BCUT2D eigenvalue weighted by Crippen LogP contribution is -2.30. The third kappa shape index (κ3) is 6.74. The molecule has 0 saturated heterocycles. The summed E-state index contributed by atoms with van der Waals surface area (Å²) in [4.78, 5) is 48.9. The number of ketones is 1. The van der Waals surface area contributed by atoms with Crippen LogP contribution in [0.3, 0.4) is 0 Å². The van der Waals surface area contributed by atoms with Crippen molar-refractivity contribution in [2.75, 3.05) is 5.32 Å². The molecule has 9 heteroatoms. The zero-order valence-electron chi connectivity index (χ0n) is 19.9. The van der Waals surface area contributed by atoms with Gasteiger partial charge in [0.05, 0.1) is 10.5 Å². The maximum Gasteiger partial charge on any atom is 0.276 e. The van der Waals surface area contributed by atoms with Gasteiger partial charge in [-0.3, -0.25) is 24.5 Å². The number of thiophene rings is 1. The van der Waals surface area contributed by atoms with E-state index in [0.717, 1.165) is 5.56 Å². The maximum atomic E-state index is 13.0. The van der Waals surface area contributed by atoms with Gasteiger partial charge in [-0.15, -0.1) is 0 Å². The van der Waals surface area contributed by atoms with E-state index in [-0.39, 0.29) is 17.2 Å². The van der Waals surface area contributed by atoms with Gasteiger partial charge in [-0.25, -0.2) is 0 Å². The summed E-state index contributed by atoms with van der Waals surface area (Å²) in [6.07, 6.45) is 4.24. The first-order valence-corrected chi connectivity index (χ1v) is 12.3. The molecule has 0 aliphatic carbocycles. The van der Waals surface area contributed by atoms with Gasteiger partial charge in [-0.05, 0) is 83.1 Å². The van der Waals surface area contributed by atoms with Crippen LogP contribution >= 0.6 is 11.3 Å². The molecule has 0 atom stereocenters. The van der Waals surface area contributed by atoms with E-state index in [1.807, 2.05) is 16.8 Å². The number of amides is 2. The van der Waals surface area contributed by atoms with Gasteiger partial charge in [0.2, 0.25) is 0 Å². The Balaban J connectivity index is 1.46. The second-order valence-corrected chi connectivity index (χ2v) is 8.76. The normalized spacial score (nSPS) is 11.2. The van der Waals surface area contributed by atoms with E-state index in [1.54, 1.807) is 66.7 Å². The molecule has 1 heterocycles. The average molecular weight is 524 g/mol. The number of nitrogens with zero attached hydrogens (tertiary/aromatic N) is 1. The van der Waals surface area contributed by atoms with E-state index >= 15 is 0 Å². The number of anilines is 1. The lowest BCUT2D eigenvalue weighted by Gasteiger charge is -2.11. The van der Waals surface area contributed by atoms with Gasteiger partial charge in [-0.2, -0.15) is 11.3 Å².